The minimum atomic E-state index is 0.479. The van der Waals surface area contributed by atoms with Gasteiger partial charge in [-0.05, 0) is 25.1 Å². The highest BCUT2D eigenvalue weighted by atomic mass is 16.3. The van der Waals surface area contributed by atoms with Gasteiger partial charge in [-0.2, -0.15) is 0 Å². The molecule has 0 aliphatic heterocycles. The molecule has 0 bridgehead atoms. The summed E-state index contributed by atoms with van der Waals surface area (Å²) in [6.07, 6.45) is 4.24. The second-order valence-electron chi connectivity index (χ2n) is 3.47. The Morgan fingerprint density at radius 3 is 3.00 bits per heavy atom. The summed E-state index contributed by atoms with van der Waals surface area (Å²) in [5.74, 6) is 1.55. The van der Waals surface area contributed by atoms with E-state index in [2.05, 4.69) is 19.2 Å². The van der Waals surface area contributed by atoms with E-state index in [0.29, 0.717) is 5.92 Å². The maximum Gasteiger partial charge on any atom is 0.107 e. The fourth-order valence-electron chi connectivity index (χ4n) is 1.29. The fourth-order valence-corrected chi connectivity index (χ4v) is 1.29. The van der Waals surface area contributed by atoms with E-state index < -0.39 is 0 Å². The lowest BCUT2D eigenvalue weighted by Crippen LogP contribution is -2.20. The first-order valence-corrected chi connectivity index (χ1v) is 5.08. The Labute approximate surface area is 80.3 Å². The van der Waals surface area contributed by atoms with E-state index in [-0.39, 0.29) is 0 Å². The minimum Gasteiger partial charge on any atom is -0.469 e. The van der Waals surface area contributed by atoms with Crippen LogP contribution in [-0.2, 0) is 0 Å². The summed E-state index contributed by atoms with van der Waals surface area (Å²) in [5.41, 5.74) is 0. The molecule has 1 heterocycles. The van der Waals surface area contributed by atoms with Gasteiger partial charge in [0.25, 0.3) is 0 Å². The molecular formula is C11H19NO. The van der Waals surface area contributed by atoms with Gasteiger partial charge in [0, 0.05) is 12.5 Å². The van der Waals surface area contributed by atoms with Crippen molar-refractivity contribution in [2.24, 2.45) is 0 Å². The predicted octanol–water partition coefficient (Wildman–Crippen LogP) is 2.77. The molecule has 1 atom stereocenters. The van der Waals surface area contributed by atoms with Gasteiger partial charge in [0.1, 0.15) is 5.76 Å². The third-order valence-electron chi connectivity index (χ3n) is 2.19. The van der Waals surface area contributed by atoms with Gasteiger partial charge in [0.2, 0.25) is 0 Å². The predicted molar refractivity (Wildman–Crippen MR) is 54.9 cm³/mol. The van der Waals surface area contributed by atoms with Crippen LogP contribution in [0.2, 0.25) is 0 Å². The number of nitrogens with one attached hydrogen (secondary N) is 1. The molecule has 1 N–H and O–H groups in total. The topological polar surface area (TPSA) is 25.2 Å². The molecule has 13 heavy (non-hydrogen) atoms. The standard InChI is InChI=1S/C11H19NO/c1-3-4-7-12-9-10(2)11-6-5-8-13-11/h5-6,8,10,12H,3-4,7,9H2,1-2H3. The molecular weight excluding hydrogens is 162 g/mol. The highest BCUT2D eigenvalue weighted by molar-refractivity contribution is 5.04. The van der Waals surface area contributed by atoms with Crippen LogP contribution in [0.4, 0.5) is 0 Å². The van der Waals surface area contributed by atoms with Gasteiger partial charge in [-0.15, -0.1) is 0 Å². The van der Waals surface area contributed by atoms with Crippen LogP contribution in [0.25, 0.3) is 0 Å². The molecule has 1 rings (SSSR count). The molecule has 1 unspecified atom stereocenters. The second kappa shape index (κ2) is 5.81. The molecule has 1 aromatic heterocycles. The summed E-state index contributed by atoms with van der Waals surface area (Å²) in [6, 6.07) is 3.98. The fraction of sp³-hybridized carbons (Fsp3) is 0.636. The average molecular weight is 181 g/mol. The van der Waals surface area contributed by atoms with Crippen LogP contribution in [0.1, 0.15) is 38.4 Å². The molecule has 2 nitrogen and oxygen atoms in total. The highest BCUT2D eigenvalue weighted by Crippen LogP contribution is 2.13. The van der Waals surface area contributed by atoms with Crippen LogP contribution >= 0.6 is 0 Å². The van der Waals surface area contributed by atoms with Gasteiger partial charge in [-0.1, -0.05) is 20.3 Å². The summed E-state index contributed by atoms with van der Waals surface area (Å²) < 4.78 is 5.31. The Balaban J connectivity index is 2.15. The zero-order chi connectivity index (χ0) is 9.52. The van der Waals surface area contributed by atoms with Crippen LogP contribution in [0.15, 0.2) is 22.8 Å². The summed E-state index contributed by atoms with van der Waals surface area (Å²) in [7, 11) is 0. The van der Waals surface area contributed by atoms with Crippen LogP contribution < -0.4 is 5.32 Å². The lowest BCUT2D eigenvalue weighted by atomic mass is 10.1. The van der Waals surface area contributed by atoms with Crippen molar-refractivity contribution >= 4 is 0 Å². The van der Waals surface area contributed by atoms with Crippen molar-refractivity contribution in [3.63, 3.8) is 0 Å². The van der Waals surface area contributed by atoms with Crippen LogP contribution in [0, 0.1) is 0 Å². The van der Waals surface area contributed by atoms with E-state index in [1.54, 1.807) is 6.26 Å². The first kappa shape index (κ1) is 10.3. The van der Waals surface area contributed by atoms with Crippen molar-refractivity contribution in [3.8, 4) is 0 Å². The molecule has 0 amide bonds. The Kier molecular flexibility index (Phi) is 4.61. The number of hydrogen-bond donors (Lipinski definition) is 1. The zero-order valence-electron chi connectivity index (χ0n) is 8.55. The molecule has 0 saturated carbocycles. The van der Waals surface area contributed by atoms with Crippen molar-refractivity contribution in [3.05, 3.63) is 24.2 Å². The van der Waals surface area contributed by atoms with Crippen molar-refractivity contribution in [2.75, 3.05) is 13.1 Å². The SMILES string of the molecule is CCCCNCC(C)c1ccco1. The van der Waals surface area contributed by atoms with E-state index in [9.17, 15) is 0 Å². The number of furan rings is 1. The molecule has 0 aliphatic carbocycles. The Morgan fingerprint density at radius 2 is 2.38 bits per heavy atom. The monoisotopic (exact) mass is 181 g/mol. The second-order valence-corrected chi connectivity index (χ2v) is 3.47. The van der Waals surface area contributed by atoms with Gasteiger partial charge >= 0.3 is 0 Å². The number of unbranched alkanes of at least 4 members (excludes halogenated alkanes) is 1. The lowest BCUT2D eigenvalue weighted by molar-refractivity contribution is 0.457. The van der Waals surface area contributed by atoms with E-state index in [4.69, 9.17) is 4.42 Å². The first-order chi connectivity index (χ1) is 6.34. The van der Waals surface area contributed by atoms with E-state index in [1.807, 2.05) is 12.1 Å². The highest BCUT2D eigenvalue weighted by Gasteiger charge is 2.06. The maximum absolute atomic E-state index is 5.31. The molecule has 0 fully saturated rings. The normalized spacial score (nSPS) is 13.1. The van der Waals surface area contributed by atoms with Crippen molar-refractivity contribution in [1.29, 1.82) is 0 Å². The summed E-state index contributed by atoms with van der Waals surface area (Å²) in [4.78, 5) is 0. The largest absolute Gasteiger partial charge is 0.469 e. The zero-order valence-corrected chi connectivity index (χ0v) is 8.55. The van der Waals surface area contributed by atoms with E-state index >= 15 is 0 Å². The summed E-state index contributed by atoms with van der Waals surface area (Å²) in [5, 5.41) is 3.41. The number of hydrogen-bond acceptors (Lipinski definition) is 2. The van der Waals surface area contributed by atoms with Gasteiger partial charge in [-0.25, -0.2) is 0 Å². The smallest absolute Gasteiger partial charge is 0.107 e. The lowest BCUT2D eigenvalue weighted by Gasteiger charge is -2.09. The average Bonchev–Trinajstić information content (AvgIpc) is 2.65. The van der Waals surface area contributed by atoms with E-state index in [0.717, 1.165) is 18.8 Å². The molecule has 0 spiro atoms. The van der Waals surface area contributed by atoms with Crippen molar-refractivity contribution in [1.82, 2.24) is 5.32 Å². The molecule has 74 valence electrons. The van der Waals surface area contributed by atoms with Gasteiger partial charge in [0.15, 0.2) is 0 Å². The summed E-state index contributed by atoms with van der Waals surface area (Å²) in [6.45, 7) is 6.50. The third kappa shape index (κ3) is 3.64. The van der Waals surface area contributed by atoms with Crippen LogP contribution in [0.5, 0.6) is 0 Å². The maximum atomic E-state index is 5.31. The minimum absolute atomic E-state index is 0.479. The Morgan fingerprint density at radius 1 is 1.54 bits per heavy atom. The van der Waals surface area contributed by atoms with Gasteiger partial charge in [-0.3, -0.25) is 0 Å². The quantitative estimate of drug-likeness (QED) is 0.683. The Bertz CT molecular complexity index is 206. The first-order valence-electron chi connectivity index (χ1n) is 5.08. The molecule has 0 radical (unpaired) electrons. The molecule has 0 aliphatic rings. The van der Waals surface area contributed by atoms with E-state index in [1.165, 1.54) is 12.8 Å². The van der Waals surface area contributed by atoms with Gasteiger partial charge in [0.05, 0.1) is 6.26 Å². The van der Waals surface area contributed by atoms with Crippen molar-refractivity contribution < 1.29 is 4.42 Å². The third-order valence-corrected chi connectivity index (χ3v) is 2.19. The summed E-state index contributed by atoms with van der Waals surface area (Å²) >= 11 is 0. The van der Waals surface area contributed by atoms with Crippen LogP contribution in [-0.4, -0.2) is 13.1 Å². The number of rotatable bonds is 6. The molecule has 2 heteroatoms. The molecule has 1 aromatic rings. The molecule has 0 aromatic carbocycles. The van der Waals surface area contributed by atoms with Crippen molar-refractivity contribution in [2.45, 2.75) is 32.6 Å². The molecule has 0 saturated heterocycles. The Hall–Kier alpha value is -0.760. The van der Waals surface area contributed by atoms with Crippen LogP contribution in [0.3, 0.4) is 0 Å². The van der Waals surface area contributed by atoms with Gasteiger partial charge < -0.3 is 9.73 Å².